The molecule has 1 aromatic carbocycles. The van der Waals surface area contributed by atoms with Gasteiger partial charge in [-0.1, -0.05) is 6.07 Å². The second kappa shape index (κ2) is 5.22. The molecule has 19 heavy (non-hydrogen) atoms. The first kappa shape index (κ1) is 13.3. The fourth-order valence-corrected chi connectivity index (χ4v) is 1.97. The summed E-state index contributed by atoms with van der Waals surface area (Å²) >= 11 is 0. The van der Waals surface area contributed by atoms with Crippen molar-refractivity contribution in [1.82, 2.24) is 14.9 Å². The van der Waals surface area contributed by atoms with Crippen LogP contribution in [0.3, 0.4) is 0 Å². The smallest absolute Gasteiger partial charge is 0.287 e. The largest absolute Gasteiger partial charge is 0.349 e. The molecule has 0 saturated heterocycles. The van der Waals surface area contributed by atoms with Gasteiger partial charge < -0.3 is 9.88 Å². The van der Waals surface area contributed by atoms with Gasteiger partial charge in [-0.05, 0) is 31.0 Å². The molecule has 0 aliphatic rings. The number of aryl methyl sites for hydroxylation is 2. The van der Waals surface area contributed by atoms with Crippen LogP contribution in [-0.4, -0.2) is 27.8 Å². The molecule has 1 aromatic heterocycles. The van der Waals surface area contributed by atoms with Gasteiger partial charge in [0.1, 0.15) is 5.82 Å². The van der Waals surface area contributed by atoms with Gasteiger partial charge in [0.05, 0.1) is 11.0 Å². The Morgan fingerprint density at radius 3 is 2.79 bits per heavy atom. The van der Waals surface area contributed by atoms with Crippen molar-refractivity contribution in [2.75, 3.05) is 6.54 Å². The highest BCUT2D eigenvalue weighted by Crippen LogP contribution is 2.16. The monoisotopic (exact) mass is 259 g/mol. The number of hydrogen-bond acceptors (Lipinski definition) is 3. The Labute approximate surface area is 111 Å². The summed E-state index contributed by atoms with van der Waals surface area (Å²) in [6.07, 6.45) is 0.685. The number of nitrogens with one attached hydrogen (secondary N) is 1. The normalized spacial score (nSPS) is 10.7. The molecule has 0 aliphatic carbocycles. The number of rotatable bonds is 4. The highest BCUT2D eigenvalue weighted by Gasteiger charge is 2.07. The Balaban J connectivity index is 2.06. The summed E-state index contributed by atoms with van der Waals surface area (Å²) in [6.45, 7) is 3.68. The van der Waals surface area contributed by atoms with Crippen LogP contribution in [0.5, 0.6) is 0 Å². The van der Waals surface area contributed by atoms with E-state index < -0.39 is 11.7 Å². The predicted octanol–water partition coefficient (Wildman–Crippen LogP) is 1.13. The molecule has 5 heteroatoms. The zero-order valence-electron chi connectivity index (χ0n) is 11.4. The lowest BCUT2D eigenvalue weighted by atomic mass is 10.1. The van der Waals surface area contributed by atoms with Gasteiger partial charge in [-0.3, -0.25) is 9.59 Å². The summed E-state index contributed by atoms with van der Waals surface area (Å²) in [5.74, 6) is -0.0254. The van der Waals surface area contributed by atoms with Crippen molar-refractivity contribution in [3.8, 4) is 0 Å². The van der Waals surface area contributed by atoms with Crippen molar-refractivity contribution >= 4 is 22.7 Å². The minimum atomic E-state index is -0.533. The molecule has 5 nitrogen and oxygen atoms in total. The first-order chi connectivity index (χ1) is 8.99. The molecular weight excluding hydrogens is 242 g/mol. The van der Waals surface area contributed by atoms with Crippen LogP contribution in [0.4, 0.5) is 0 Å². The number of nitrogens with zero attached hydrogens (tertiary/aromatic N) is 2. The van der Waals surface area contributed by atoms with E-state index in [1.165, 1.54) is 6.92 Å². The van der Waals surface area contributed by atoms with Crippen LogP contribution in [0.2, 0.25) is 0 Å². The second-order valence-corrected chi connectivity index (χ2v) is 4.60. The maximum absolute atomic E-state index is 11.1. The molecule has 0 unspecified atom stereocenters. The number of carbonyl (C=O) groups excluding carboxylic acids is 2. The van der Waals surface area contributed by atoms with E-state index in [9.17, 15) is 9.59 Å². The van der Waals surface area contributed by atoms with Gasteiger partial charge in [0.15, 0.2) is 0 Å². The second-order valence-electron chi connectivity index (χ2n) is 4.60. The number of aromatic nitrogens is 2. The fourth-order valence-electron chi connectivity index (χ4n) is 1.97. The number of imidazole rings is 1. The number of ketones is 1. The van der Waals surface area contributed by atoms with Gasteiger partial charge in [0.25, 0.3) is 5.91 Å². The molecule has 0 spiro atoms. The van der Waals surface area contributed by atoms with E-state index in [0.717, 1.165) is 22.4 Å². The SMILES string of the molecule is CC(=O)C(=O)NCCc1ccc2c(c1)nc(C)n2C. The average Bonchev–Trinajstić information content (AvgIpc) is 2.64. The van der Waals surface area contributed by atoms with Crippen LogP contribution in [0, 0.1) is 6.92 Å². The number of hydrogen-bond donors (Lipinski definition) is 1. The van der Waals surface area contributed by atoms with E-state index in [1.807, 2.05) is 36.7 Å². The summed E-state index contributed by atoms with van der Waals surface area (Å²) in [7, 11) is 1.98. The van der Waals surface area contributed by atoms with Crippen molar-refractivity contribution in [2.24, 2.45) is 7.05 Å². The fraction of sp³-hybridized carbons (Fsp3) is 0.357. The zero-order valence-corrected chi connectivity index (χ0v) is 11.4. The van der Waals surface area contributed by atoms with E-state index in [2.05, 4.69) is 10.3 Å². The molecule has 0 radical (unpaired) electrons. The van der Waals surface area contributed by atoms with Crippen LogP contribution >= 0.6 is 0 Å². The number of benzene rings is 1. The molecular formula is C14H17N3O2. The van der Waals surface area contributed by atoms with Crippen molar-refractivity contribution in [2.45, 2.75) is 20.3 Å². The van der Waals surface area contributed by atoms with E-state index in [4.69, 9.17) is 0 Å². The van der Waals surface area contributed by atoms with Crippen LogP contribution < -0.4 is 5.32 Å². The topological polar surface area (TPSA) is 64.0 Å². The average molecular weight is 259 g/mol. The van der Waals surface area contributed by atoms with Gasteiger partial charge in [0.2, 0.25) is 5.78 Å². The highest BCUT2D eigenvalue weighted by atomic mass is 16.2. The van der Waals surface area contributed by atoms with E-state index in [-0.39, 0.29) is 0 Å². The molecule has 0 fully saturated rings. The van der Waals surface area contributed by atoms with Crippen LogP contribution in [0.1, 0.15) is 18.3 Å². The van der Waals surface area contributed by atoms with Gasteiger partial charge in [0, 0.05) is 20.5 Å². The summed E-state index contributed by atoms with van der Waals surface area (Å²) in [5.41, 5.74) is 3.14. The summed E-state index contributed by atoms with van der Waals surface area (Å²) in [6, 6.07) is 6.06. The Kier molecular flexibility index (Phi) is 3.64. The highest BCUT2D eigenvalue weighted by molar-refractivity contribution is 6.35. The lowest BCUT2D eigenvalue weighted by Crippen LogP contribution is -2.30. The molecule has 0 saturated carbocycles. The van der Waals surface area contributed by atoms with Gasteiger partial charge in [-0.25, -0.2) is 4.98 Å². The predicted molar refractivity (Wildman–Crippen MR) is 72.8 cm³/mol. The quantitative estimate of drug-likeness (QED) is 0.837. The lowest BCUT2D eigenvalue weighted by molar-refractivity contribution is -0.136. The Morgan fingerprint density at radius 1 is 1.37 bits per heavy atom. The molecule has 1 amide bonds. The Morgan fingerprint density at radius 2 is 2.11 bits per heavy atom. The first-order valence-electron chi connectivity index (χ1n) is 6.20. The van der Waals surface area contributed by atoms with Crippen LogP contribution in [0.25, 0.3) is 11.0 Å². The zero-order chi connectivity index (χ0) is 14.0. The summed E-state index contributed by atoms with van der Waals surface area (Å²) in [4.78, 5) is 26.4. The van der Waals surface area contributed by atoms with Crippen molar-refractivity contribution in [3.63, 3.8) is 0 Å². The van der Waals surface area contributed by atoms with E-state index in [0.29, 0.717) is 13.0 Å². The molecule has 100 valence electrons. The summed E-state index contributed by atoms with van der Waals surface area (Å²) in [5, 5.41) is 2.58. The van der Waals surface area contributed by atoms with Crippen molar-refractivity contribution in [3.05, 3.63) is 29.6 Å². The molecule has 1 N–H and O–H groups in total. The molecule has 2 rings (SSSR count). The van der Waals surface area contributed by atoms with Crippen molar-refractivity contribution < 1.29 is 9.59 Å². The molecule has 1 heterocycles. The Hall–Kier alpha value is -2.17. The number of fused-ring (bicyclic) bond motifs is 1. The third kappa shape index (κ3) is 2.81. The number of carbonyl (C=O) groups is 2. The van der Waals surface area contributed by atoms with Crippen LogP contribution in [-0.2, 0) is 23.1 Å². The van der Waals surface area contributed by atoms with Gasteiger partial charge in [-0.15, -0.1) is 0 Å². The molecule has 2 aromatic rings. The number of Topliss-reactive ketones (excluding diaryl/α,β-unsaturated/α-hetero) is 1. The third-order valence-electron chi connectivity index (χ3n) is 3.19. The third-order valence-corrected chi connectivity index (χ3v) is 3.19. The van der Waals surface area contributed by atoms with Crippen LogP contribution in [0.15, 0.2) is 18.2 Å². The molecule has 0 aliphatic heterocycles. The minimum Gasteiger partial charge on any atom is -0.349 e. The standard InChI is InChI=1S/C14H17N3O2/c1-9(18)14(19)15-7-6-11-4-5-13-12(8-11)16-10(2)17(13)3/h4-5,8H,6-7H2,1-3H3,(H,15,19). The van der Waals surface area contributed by atoms with Gasteiger partial charge >= 0.3 is 0 Å². The maximum atomic E-state index is 11.1. The minimum absolute atomic E-state index is 0.454. The summed E-state index contributed by atoms with van der Waals surface area (Å²) < 4.78 is 2.04. The molecule has 0 atom stereocenters. The number of amides is 1. The van der Waals surface area contributed by atoms with E-state index >= 15 is 0 Å². The van der Waals surface area contributed by atoms with Gasteiger partial charge in [-0.2, -0.15) is 0 Å². The van der Waals surface area contributed by atoms with Crippen molar-refractivity contribution in [1.29, 1.82) is 0 Å². The maximum Gasteiger partial charge on any atom is 0.287 e. The van der Waals surface area contributed by atoms with E-state index in [1.54, 1.807) is 0 Å². The first-order valence-corrected chi connectivity index (χ1v) is 6.20. The molecule has 0 bridgehead atoms. The lowest BCUT2D eigenvalue weighted by Gasteiger charge is -2.03. The Bertz CT molecular complexity index is 643.